The number of allylic oxidation sites excluding steroid dienone is 5. The normalized spacial score (nSPS) is 12.7. The second kappa shape index (κ2) is 16.9. The standard InChI is InChI=1S/C50H46N2O2/c1-37-8-20-43(21-9-37)51(47-28-32-49(53-3)33-29-47)45-24-16-39(17-25-45)12-14-41-6-5-7-42(36-41)15-13-40-18-26-46(27-19-40)52(44-22-10-38(2)11-23-44)48-30-34-50(54-4)35-31-48/h5-18,20-26,28-36H,19,27H2,1-4H3. The van der Waals surface area contributed by atoms with Crippen molar-refractivity contribution >= 4 is 46.7 Å². The van der Waals surface area contributed by atoms with Crippen LogP contribution in [0.25, 0.3) is 18.2 Å². The molecule has 0 saturated carbocycles. The minimum Gasteiger partial charge on any atom is -0.497 e. The van der Waals surface area contributed by atoms with Gasteiger partial charge in [-0.1, -0.05) is 96.1 Å². The first-order chi connectivity index (χ1) is 26.4. The lowest BCUT2D eigenvalue weighted by Crippen LogP contribution is -2.17. The predicted molar refractivity (Wildman–Crippen MR) is 229 cm³/mol. The van der Waals surface area contributed by atoms with Crippen molar-refractivity contribution < 1.29 is 9.47 Å². The van der Waals surface area contributed by atoms with E-state index in [1.807, 2.05) is 24.3 Å². The zero-order chi connectivity index (χ0) is 37.3. The molecule has 1 aliphatic rings. The Labute approximate surface area is 320 Å². The topological polar surface area (TPSA) is 24.9 Å². The van der Waals surface area contributed by atoms with E-state index >= 15 is 0 Å². The van der Waals surface area contributed by atoms with Crippen molar-refractivity contribution in [1.82, 2.24) is 0 Å². The molecule has 0 bridgehead atoms. The van der Waals surface area contributed by atoms with Crippen LogP contribution in [0.4, 0.5) is 28.4 Å². The number of hydrogen-bond donors (Lipinski definition) is 0. The first-order valence-corrected chi connectivity index (χ1v) is 18.4. The molecule has 7 rings (SSSR count). The maximum absolute atomic E-state index is 5.42. The summed E-state index contributed by atoms with van der Waals surface area (Å²) in [5.41, 5.74) is 14.1. The van der Waals surface area contributed by atoms with Gasteiger partial charge in [0, 0.05) is 34.1 Å². The highest BCUT2D eigenvalue weighted by Gasteiger charge is 2.17. The Bertz CT molecular complexity index is 2280. The van der Waals surface area contributed by atoms with Crippen LogP contribution in [-0.4, -0.2) is 14.2 Å². The van der Waals surface area contributed by atoms with Gasteiger partial charge in [-0.15, -0.1) is 0 Å². The third kappa shape index (κ3) is 8.74. The molecular formula is C50H46N2O2. The minimum atomic E-state index is 0.840. The number of rotatable bonds is 12. The lowest BCUT2D eigenvalue weighted by atomic mass is 9.99. The number of anilines is 5. The van der Waals surface area contributed by atoms with Gasteiger partial charge in [0.25, 0.3) is 0 Å². The summed E-state index contributed by atoms with van der Waals surface area (Å²) in [5.74, 6) is 1.69. The number of nitrogens with zero attached hydrogens (tertiary/aromatic N) is 2. The predicted octanol–water partition coefficient (Wildman–Crippen LogP) is 13.4. The fourth-order valence-electron chi connectivity index (χ4n) is 6.64. The average Bonchev–Trinajstić information content (AvgIpc) is 3.22. The summed E-state index contributed by atoms with van der Waals surface area (Å²) >= 11 is 0. The van der Waals surface area contributed by atoms with Crippen LogP contribution in [0.2, 0.25) is 0 Å². The van der Waals surface area contributed by atoms with Gasteiger partial charge in [0.05, 0.1) is 14.2 Å². The summed E-state index contributed by atoms with van der Waals surface area (Å²) in [6.45, 7) is 4.24. The van der Waals surface area contributed by atoms with Crippen molar-refractivity contribution in [1.29, 1.82) is 0 Å². The summed E-state index contributed by atoms with van der Waals surface area (Å²) in [7, 11) is 3.40. The Balaban J connectivity index is 1.05. The Hall–Kier alpha value is -6.52. The van der Waals surface area contributed by atoms with Gasteiger partial charge >= 0.3 is 0 Å². The maximum atomic E-state index is 5.42. The van der Waals surface area contributed by atoms with Crippen LogP contribution in [0, 0.1) is 13.8 Å². The molecule has 0 heterocycles. The van der Waals surface area contributed by atoms with Gasteiger partial charge in [0.2, 0.25) is 0 Å². The zero-order valence-corrected chi connectivity index (χ0v) is 31.4. The molecule has 0 spiro atoms. The van der Waals surface area contributed by atoms with E-state index in [0.29, 0.717) is 0 Å². The van der Waals surface area contributed by atoms with Gasteiger partial charge in [0.1, 0.15) is 11.5 Å². The van der Waals surface area contributed by atoms with Crippen LogP contribution in [0.1, 0.15) is 40.7 Å². The average molecular weight is 707 g/mol. The molecule has 0 aromatic heterocycles. The zero-order valence-electron chi connectivity index (χ0n) is 31.4. The van der Waals surface area contributed by atoms with E-state index in [-0.39, 0.29) is 0 Å². The molecule has 6 aromatic rings. The molecule has 1 aliphatic carbocycles. The largest absolute Gasteiger partial charge is 0.497 e. The van der Waals surface area contributed by atoms with E-state index in [4.69, 9.17) is 9.47 Å². The van der Waals surface area contributed by atoms with Crippen LogP contribution >= 0.6 is 0 Å². The molecule has 0 radical (unpaired) electrons. The number of benzene rings is 6. The highest BCUT2D eigenvalue weighted by atomic mass is 16.5. The Morgan fingerprint density at radius 3 is 1.31 bits per heavy atom. The summed E-state index contributed by atoms with van der Waals surface area (Å²) in [6.07, 6.45) is 15.3. The Kier molecular flexibility index (Phi) is 11.2. The van der Waals surface area contributed by atoms with E-state index in [1.54, 1.807) is 14.2 Å². The Morgan fingerprint density at radius 2 is 0.852 bits per heavy atom. The molecule has 268 valence electrons. The fraction of sp³-hybridized carbons (Fsp3) is 0.120. The van der Waals surface area contributed by atoms with Crippen molar-refractivity contribution in [3.05, 3.63) is 203 Å². The van der Waals surface area contributed by atoms with Crippen LogP contribution in [0.3, 0.4) is 0 Å². The number of methoxy groups -OCH3 is 2. The molecule has 0 saturated heterocycles. The highest BCUT2D eigenvalue weighted by molar-refractivity contribution is 5.79. The summed E-state index contributed by atoms with van der Waals surface area (Å²) in [5, 5.41) is 0. The fourth-order valence-corrected chi connectivity index (χ4v) is 6.64. The molecular weight excluding hydrogens is 661 g/mol. The van der Waals surface area contributed by atoms with Crippen molar-refractivity contribution in [3.63, 3.8) is 0 Å². The SMILES string of the molecule is COc1ccc(N(C2=CC=C(C=Cc3cccc(C=Cc4ccc(N(c5ccc(C)cc5)c5ccc(OC)cc5)cc4)c3)CC2)c2ccc(C)cc2)cc1. The molecule has 0 fully saturated rings. The molecule has 0 unspecified atom stereocenters. The van der Waals surface area contributed by atoms with Crippen LogP contribution in [0.15, 0.2) is 175 Å². The van der Waals surface area contributed by atoms with Gasteiger partial charge in [-0.05, 0) is 146 Å². The molecule has 0 amide bonds. The molecule has 6 aromatic carbocycles. The molecule has 0 aliphatic heterocycles. The number of hydrogen-bond acceptors (Lipinski definition) is 4. The first-order valence-electron chi connectivity index (χ1n) is 18.4. The van der Waals surface area contributed by atoms with E-state index in [1.165, 1.54) is 28.0 Å². The maximum Gasteiger partial charge on any atom is 0.119 e. The van der Waals surface area contributed by atoms with Crippen molar-refractivity contribution in [2.24, 2.45) is 0 Å². The molecule has 0 N–H and O–H groups in total. The third-order valence-corrected chi connectivity index (χ3v) is 9.71. The van der Waals surface area contributed by atoms with Gasteiger partial charge in [0.15, 0.2) is 0 Å². The summed E-state index contributed by atoms with van der Waals surface area (Å²) in [6, 6.07) is 51.2. The van der Waals surface area contributed by atoms with E-state index < -0.39 is 0 Å². The van der Waals surface area contributed by atoms with Crippen LogP contribution in [0.5, 0.6) is 11.5 Å². The third-order valence-electron chi connectivity index (χ3n) is 9.71. The second-order valence-electron chi connectivity index (χ2n) is 13.6. The summed E-state index contributed by atoms with van der Waals surface area (Å²) < 4.78 is 10.8. The van der Waals surface area contributed by atoms with Gasteiger partial charge in [-0.3, -0.25) is 0 Å². The lowest BCUT2D eigenvalue weighted by Gasteiger charge is -2.29. The Morgan fingerprint density at radius 1 is 0.426 bits per heavy atom. The van der Waals surface area contributed by atoms with E-state index in [2.05, 4.69) is 181 Å². The minimum absolute atomic E-state index is 0.840. The smallest absolute Gasteiger partial charge is 0.119 e. The lowest BCUT2D eigenvalue weighted by molar-refractivity contribution is 0.414. The quantitative estimate of drug-likeness (QED) is 0.118. The van der Waals surface area contributed by atoms with Gasteiger partial charge in [-0.2, -0.15) is 0 Å². The van der Waals surface area contributed by atoms with Gasteiger partial charge < -0.3 is 19.3 Å². The second-order valence-corrected chi connectivity index (χ2v) is 13.6. The number of aryl methyl sites for hydroxylation is 2. The van der Waals surface area contributed by atoms with Crippen molar-refractivity contribution in [3.8, 4) is 11.5 Å². The monoisotopic (exact) mass is 706 g/mol. The summed E-state index contributed by atoms with van der Waals surface area (Å²) in [4.78, 5) is 4.61. The highest BCUT2D eigenvalue weighted by Crippen LogP contribution is 2.37. The molecule has 4 nitrogen and oxygen atoms in total. The van der Waals surface area contributed by atoms with Crippen molar-refractivity contribution in [2.75, 3.05) is 24.0 Å². The first kappa shape index (κ1) is 35.9. The molecule has 0 atom stereocenters. The van der Waals surface area contributed by atoms with Gasteiger partial charge in [-0.25, -0.2) is 0 Å². The molecule has 54 heavy (non-hydrogen) atoms. The van der Waals surface area contributed by atoms with Crippen LogP contribution < -0.4 is 19.3 Å². The van der Waals surface area contributed by atoms with E-state index in [9.17, 15) is 0 Å². The number of ether oxygens (including phenoxy) is 2. The van der Waals surface area contributed by atoms with Crippen LogP contribution in [-0.2, 0) is 0 Å². The molecule has 4 heteroatoms. The van der Waals surface area contributed by atoms with Crippen molar-refractivity contribution in [2.45, 2.75) is 26.7 Å². The van der Waals surface area contributed by atoms with E-state index in [0.717, 1.165) is 63.9 Å².